The van der Waals surface area contributed by atoms with Gasteiger partial charge in [-0.15, -0.1) is 0 Å². The van der Waals surface area contributed by atoms with Crippen molar-refractivity contribution < 1.29 is 9.34 Å². The predicted octanol–water partition coefficient (Wildman–Crippen LogP) is 3.84. The van der Waals surface area contributed by atoms with Crippen molar-refractivity contribution in [3.63, 3.8) is 0 Å². The maximum absolute atomic E-state index is 10.6. The molecule has 1 aromatic carbocycles. The van der Waals surface area contributed by atoms with Crippen LogP contribution in [0.5, 0.6) is 0 Å². The van der Waals surface area contributed by atoms with Gasteiger partial charge in [0.15, 0.2) is 0 Å². The molecule has 2 heterocycles. The van der Waals surface area contributed by atoms with Gasteiger partial charge >= 0.3 is 5.88 Å². The lowest BCUT2D eigenvalue weighted by molar-refractivity contribution is -0.402. The summed E-state index contributed by atoms with van der Waals surface area (Å²) < 4.78 is 7.10. The second-order valence-corrected chi connectivity index (χ2v) is 4.58. The highest BCUT2D eigenvalue weighted by atomic mass is 35.5. The first kappa shape index (κ1) is 11.8. The van der Waals surface area contributed by atoms with Gasteiger partial charge in [0, 0.05) is 22.1 Å². The first-order valence-electron chi connectivity index (χ1n) is 5.61. The van der Waals surface area contributed by atoms with Crippen molar-refractivity contribution in [3.8, 4) is 0 Å². The predicted molar refractivity (Wildman–Crippen MR) is 71.4 cm³/mol. The van der Waals surface area contributed by atoms with Gasteiger partial charge in [-0.3, -0.25) is 10.1 Å². The molecule has 0 saturated carbocycles. The Morgan fingerprint density at radius 2 is 2.11 bits per heavy atom. The zero-order chi connectivity index (χ0) is 13.4. The summed E-state index contributed by atoms with van der Waals surface area (Å²) in [7, 11) is 0. The van der Waals surface area contributed by atoms with Crippen molar-refractivity contribution in [3.05, 3.63) is 63.5 Å². The van der Waals surface area contributed by atoms with Crippen LogP contribution in [0.1, 0.15) is 5.76 Å². The first-order chi connectivity index (χ1) is 9.13. The number of aromatic nitrogens is 1. The van der Waals surface area contributed by atoms with Crippen LogP contribution in [-0.2, 0) is 6.54 Å². The van der Waals surface area contributed by atoms with Gasteiger partial charge in [-0.1, -0.05) is 11.6 Å². The summed E-state index contributed by atoms with van der Waals surface area (Å²) in [5, 5.41) is 12.3. The summed E-state index contributed by atoms with van der Waals surface area (Å²) in [5.41, 5.74) is 1.00. The number of hydrogen-bond donors (Lipinski definition) is 0. The maximum atomic E-state index is 10.6. The molecule has 5 nitrogen and oxygen atoms in total. The van der Waals surface area contributed by atoms with Crippen LogP contribution in [0.15, 0.2) is 47.0 Å². The van der Waals surface area contributed by atoms with E-state index in [0.29, 0.717) is 17.3 Å². The molecule has 0 aliphatic heterocycles. The van der Waals surface area contributed by atoms with Gasteiger partial charge in [0.2, 0.25) is 0 Å². The minimum absolute atomic E-state index is 0.241. The Kier molecular flexibility index (Phi) is 2.76. The molecule has 6 heteroatoms. The van der Waals surface area contributed by atoms with Gasteiger partial charge in [0.05, 0.1) is 12.6 Å². The Labute approximate surface area is 113 Å². The fraction of sp³-hybridized carbons (Fsp3) is 0.0769. The highest BCUT2D eigenvalue weighted by molar-refractivity contribution is 6.31. The largest absolute Gasteiger partial charge is 0.433 e. The minimum Gasteiger partial charge on any atom is -0.404 e. The smallest absolute Gasteiger partial charge is 0.404 e. The average Bonchev–Trinajstić information content (AvgIpc) is 2.97. The Morgan fingerprint density at radius 3 is 2.84 bits per heavy atom. The molecule has 0 unspecified atom stereocenters. The van der Waals surface area contributed by atoms with Crippen LogP contribution in [0.2, 0.25) is 5.02 Å². The van der Waals surface area contributed by atoms with Crippen molar-refractivity contribution in [1.82, 2.24) is 4.57 Å². The molecule has 3 rings (SSSR count). The van der Waals surface area contributed by atoms with E-state index in [2.05, 4.69) is 0 Å². The van der Waals surface area contributed by atoms with Crippen molar-refractivity contribution in [1.29, 1.82) is 0 Å². The van der Waals surface area contributed by atoms with Crippen LogP contribution in [0.4, 0.5) is 5.88 Å². The normalized spacial score (nSPS) is 11.0. The summed E-state index contributed by atoms with van der Waals surface area (Å²) in [6.07, 6.45) is 1.90. The number of halogens is 1. The fourth-order valence-electron chi connectivity index (χ4n) is 2.03. The molecule has 19 heavy (non-hydrogen) atoms. The number of nitrogens with zero attached hydrogens (tertiary/aromatic N) is 2. The number of furan rings is 1. The molecule has 0 fully saturated rings. The van der Waals surface area contributed by atoms with E-state index in [0.717, 1.165) is 10.9 Å². The molecule has 0 aliphatic rings. The monoisotopic (exact) mass is 276 g/mol. The highest BCUT2D eigenvalue weighted by Crippen LogP contribution is 2.23. The molecule has 0 saturated heterocycles. The second kappa shape index (κ2) is 4.44. The first-order valence-corrected chi connectivity index (χ1v) is 5.99. The molecule has 0 bridgehead atoms. The molecular weight excluding hydrogens is 268 g/mol. The average molecular weight is 277 g/mol. The van der Waals surface area contributed by atoms with Crippen LogP contribution in [-0.4, -0.2) is 9.49 Å². The van der Waals surface area contributed by atoms with Crippen LogP contribution in [0.3, 0.4) is 0 Å². The van der Waals surface area contributed by atoms with Crippen molar-refractivity contribution >= 4 is 28.4 Å². The highest BCUT2D eigenvalue weighted by Gasteiger charge is 2.12. The van der Waals surface area contributed by atoms with Gasteiger partial charge < -0.3 is 8.98 Å². The van der Waals surface area contributed by atoms with Gasteiger partial charge in [0.1, 0.15) is 10.7 Å². The summed E-state index contributed by atoms with van der Waals surface area (Å²) in [6, 6.07) is 10.5. The van der Waals surface area contributed by atoms with Crippen LogP contribution >= 0.6 is 11.6 Å². The lowest BCUT2D eigenvalue weighted by Crippen LogP contribution is -1.96. The van der Waals surface area contributed by atoms with Gasteiger partial charge in [0.25, 0.3) is 0 Å². The van der Waals surface area contributed by atoms with E-state index in [4.69, 9.17) is 16.0 Å². The van der Waals surface area contributed by atoms with Crippen molar-refractivity contribution in [2.45, 2.75) is 6.54 Å². The third kappa shape index (κ3) is 2.20. The molecule has 0 N–H and O–H groups in total. The van der Waals surface area contributed by atoms with Crippen LogP contribution in [0.25, 0.3) is 10.9 Å². The molecule has 96 valence electrons. The summed E-state index contributed by atoms with van der Waals surface area (Å²) in [4.78, 5) is 10.0. The van der Waals surface area contributed by atoms with Gasteiger partial charge in [-0.2, -0.15) is 0 Å². The van der Waals surface area contributed by atoms with E-state index in [-0.39, 0.29) is 5.88 Å². The topological polar surface area (TPSA) is 61.2 Å². The summed E-state index contributed by atoms with van der Waals surface area (Å²) in [5.74, 6) is 0.300. The molecule has 0 amide bonds. The van der Waals surface area contributed by atoms with E-state index in [1.165, 1.54) is 6.07 Å². The molecule has 0 radical (unpaired) electrons. The molecule has 2 aromatic heterocycles. The third-order valence-electron chi connectivity index (χ3n) is 2.89. The van der Waals surface area contributed by atoms with E-state index < -0.39 is 4.92 Å². The lowest BCUT2D eigenvalue weighted by Gasteiger charge is -2.02. The van der Waals surface area contributed by atoms with Gasteiger partial charge in [-0.05, 0) is 30.3 Å². The summed E-state index contributed by atoms with van der Waals surface area (Å²) in [6.45, 7) is 0.443. The maximum Gasteiger partial charge on any atom is 0.433 e. The Balaban J connectivity index is 1.94. The Morgan fingerprint density at radius 1 is 1.26 bits per heavy atom. The molecule has 0 aliphatic carbocycles. The molecule has 0 atom stereocenters. The van der Waals surface area contributed by atoms with E-state index >= 15 is 0 Å². The standard InChI is InChI=1S/C13H9ClN2O3/c14-10-1-3-12-9(7-10)5-6-15(12)8-11-2-4-13(19-11)16(17)18/h1-7H,8H2. The number of nitro groups is 1. The number of fused-ring (bicyclic) bond motifs is 1. The SMILES string of the molecule is O=[N+]([O-])c1ccc(Cn2ccc3cc(Cl)ccc32)o1. The molecule has 3 aromatic rings. The van der Waals surface area contributed by atoms with Crippen molar-refractivity contribution in [2.24, 2.45) is 0 Å². The minimum atomic E-state index is -0.545. The number of benzene rings is 1. The Bertz CT molecular complexity index is 760. The van der Waals surface area contributed by atoms with Crippen LogP contribution in [0, 0.1) is 10.1 Å². The lowest BCUT2D eigenvalue weighted by atomic mass is 10.2. The van der Waals surface area contributed by atoms with E-state index in [1.807, 2.05) is 35.0 Å². The van der Waals surface area contributed by atoms with Crippen LogP contribution < -0.4 is 0 Å². The van der Waals surface area contributed by atoms with E-state index in [1.54, 1.807) is 6.07 Å². The molecule has 0 spiro atoms. The number of rotatable bonds is 3. The van der Waals surface area contributed by atoms with Crippen molar-refractivity contribution in [2.75, 3.05) is 0 Å². The second-order valence-electron chi connectivity index (χ2n) is 4.14. The zero-order valence-corrected chi connectivity index (χ0v) is 10.5. The quantitative estimate of drug-likeness (QED) is 0.539. The summed E-state index contributed by atoms with van der Waals surface area (Å²) >= 11 is 5.92. The Hall–Kier alpha value is -2.27. The zero-order valence-electron chi connectivity index (χ0n) is 9.75. The third-order valence-corrected chi connectivity index (χ3v) is 3.12. The van der Waals surface area contributed by atoms with Gasteiger partial charge in [-0.25, -0.2) is 0 Å². The van der Waals surface area contributed by atoms with E-state index in [9.17, 15) is 10.1 Å². The number of hydrogen-bond acceptors (Lipinski definition) is 3. The fourth-order valence-corrected chi connectivity index (χ4v) is 2.21. The molecular formula is C13H9ClN2O3.